The number of hydrogen-bond donors (Lipinski definition) is 0. The van der Waals surface area contributed by atoms with Crippen molar-refractivity contribution in [3.05, 3.63) is 35.9 Å². The second-order valence-electron chi connectivity index (χ2n) is 6.40. The summed E-state index contributed by atoms with van der Waals surface area (Å²) in [6, 6.07) is 9.14. The third kappa shape index (κ3) is 4.49. The molecule has 158 valence electrons. The van der Waals surface area contributed by atoms with Crippen molar-refractivity contribution in [1.29, 1.82) is 0 Å². The van der Waals surface area contributed by atoms with E-state index in [1.165, 1.54) is 0 Å². The molecule has 2 atom stereocenters. The van der Waals surface area contributed by atoms with Gasteiger partial charge in [0.25, 0.3) is 5.66 Å². The summed E-state index contributed by atoms with van der Waals surface area (Å²) in [5, 5.41) is 1.74. The molecule has 1 aliphatic heterocycles. The fraction of sp³-hybridized carbons (Fsp3) is 0.500. The van der Waals surface area contributed by atoms with E-state index in [0.717, 1.165) is 21.9 Å². The number of hydrogen-bond acceptors (Lipinski definition) is 7. The molecule has 0 saturated heterocycles. The van der Waals surface area contributed by atoms with E-state index in [1.54, 1.807) is 20.8 Å². The normalized spacial score (nSPS) is 19.0. The average Bonchev–Trinajstić information content (AvgIpc) is 3.14. The molecule has 0 saturated carbocycles. The van der Waals surface area contributed by atoms with Crippen LogP contribution < -0.4 is 0 Å². The van der Waals surface area contributed by atoms with Crippen LogP contribution in [0.25, 0.3) is 0 Å². The second kappa shape index (κ2) is 9.90. The highest BCUT2D eigenvalue weighted by Crippen LogP contribution is 2.36. The number of aliphatic imine (C=N–C) groups is 1. The molecule has 1 aromatic carbocycles. The first-order valence-electron chi connectivity index (χ1n) is 9.61. The van der Waals surface area contributed by atoms with Crippen LogP contribution in [0.3, 0.4) is 0 Å². The lowest BCUT2D eigenvalue weighted by Crippen LogP contribution is -2.63. The maximum absolute atomic E-state index is 13.2. The number of ether oxygens (including phenoxy) is 3. The van der Waals surface area contributed by atoms with Crippen LogP contribution in [0.5, 0.6) is 0 Å². The minimum Gasteiger partial charge on any atom is -0.458 e. The Hall–Kier alpha value is -3.10. The van der Waals surface area contributed by atoms with Gasteiger partial charge in [-0.1, -0.05) is 44.2 Å². The summed E-state index contributed by atoms with van der Waals surface area (Å²) in [6.45, 7) is 7.02. The number of amides is 2. The predicted octanol–water partition coefficient (Wildman–Crippen LogP) is 3.35. The summed E-state index contributed by atoms with van der Waals surface area (Å²) in [5.41, 5.74) is -0.991. The van der Waals surface area contributed by atoms with Crippen LogP contribution in [0.2, 0.25) is 0 Å². The number of rotatable bonds is 7. The monoisotopic (exact) mass is 405 g/mol. The van der Waals surface area contributed by atoms with Gasteiger partial charge in [0, 0.05) is 5.92 Å². The van der Waals surface area contributed by atoms with E-state index in [9.17, 15) is 14.4 Å². The molecule has 1 heterocycles. The van der Waals surface area contributed by atoms with Crippen molar-refractivity contribution in [2.45, 2.75) is 46.4 Å². The Labute approximate surface area is 170 Å². The Balaban J connectivity index is 2.39. The molecule has 0 N–H and O–H groups in total. The quantitative estimate of drug-likeness (QED) is 0.510. The summed E-state index contributed by atoms with van der Waals surface area (Å²) in [5.74, 6) is -1.22. The third-order valence-corrected chi connectivity index (χ3v) is 4.61. The van der Waals surface area contributed by atoms with Gasteiger partial charge in [-0.3, -0.25) is 0 Å². The van der Waals surface area contributed by atoms with Crippen LogP contribution in [0.15, 0.2) is 35.3 Å². The topological polar surface area (TPSA) is 97.7 Å². The lowest BCUT2D eigenvalue weighted by atomic mass is 9.91. The molecule has 1 aromatic rings. The van der Waals surface area contributed by atoms with Gasteiger partial charge in [0.1, 0.15) is 12.9 Å². The average molecular weight is 405 g/mol. The van der Waals surface area contributed by atoms with Crippen LogP contribution in [-0.2, 0) is 25.6 Å². The van der Waals surface area contributed by atoms with Gasteiger partial charge in [-0.05, 0) is 25.8 Å². The molecule has 0 aromatic heterocycles. The van der Waals surface area contributed by atoms with Gasteiger partial charge >= 0.3 is 18.2 Å². The van der Waals surface area contributed by atoms with Crippen molar-refractivity contribution in [2.75, 3.05) is 13.2 Å². The molecule has 2 amide bonds. The molecule has 1 unspecified atom stereocenters. The van der Waals surface area contributed by atoms with Gasteiger partial charge in [-0.15, -0.1) is 0 Å². The third-order valence-electron chi connectivity index (χ3n) is 4.61. The largest absolute Gasteiger partial charge is 0.458 e. The molecule has 1 aliphatic rings. The van der Waals surface area contributed by atoms with E-state index in [1.807, 2.05) is 37.3 Å². The predicted molar refractivity (Wildman–Crippen MR) is 105 cm³/mol. The maximum Gasteiger partial charge on any atom is 0.434 e. The second-order valence-corrected chi connectivity index (χ2v) is 6.40. The van der Waals surface area contributed by atoms with Gasteiger partial charge in [0.15, 0.2) is 0 Å². The lowest BCUT2D eigenvalue weighted by molar-refractivity contribution is -0.167. The molecular weight excluding hydrogens is 378 g/mol. The molecule has 0 fully saturated rings. The van der Waals surface area contributed by atoms with Crippen LogP contribution in [0.4, 0.5) is 9.59 Å². The van der Waals surface area contributed by atoms with Crippen LogP contribution >= 0.6 is 0 Å². The van der Waals surface area contributed by atoms with E-state index in [-0.39, 0.29) is 19.8 Å². The Morgan fingerprint density at radius 2 is 1.62 bits per heavy atom. The van der Waals surface area contributed by atoms with Gasteiger partial charge in [0.2, 0.25) is 0 Å². The van der Waals surface area contributed by atoms with Gasteiger partial charge in [-0.25, -0.2) is 19.4 Å². The lowest BCUT2D eigenvalue weighted by Gasteiger charge is -2.39. The van der Waals surface area contributed by atoms with E-state index >= 15 is 0 Å². The van der Waals surface area contributed by atoms with Crippen molar-refractivity contribution in [3.8, 4) is 0 Å². The summed E-state index contributed by atoms with van der Waals surface area (Å²) in [7, 11) is 0. The van der Waals surface area contributed by atoms with Gasteiger partial charge in [-0.2, -0.15) is 10.0 Å². The molecule has 0 spiro atoms. The Bertz CT molecular complexity index is 754. The van der Waals surface area contributed by atoms with Crippen molar-refractivity contribution < 1.29 is 28.6 Å². The van der Waals surface area contributed by atoms with E-state index in [4.69, 9.17) is 14.2 Å². The fourth-order valence-electron chi connectivity index (χ4n) is 2.93. The first kappa shape index (κ1) is 22.2. The van der Waals surface area contributed by atoms with Crippen molar-refractivity contribution in [3.63, 3.8) is 0 Å². The molecule has 0 aliphatic carbocycles. The fourth-order valence-corrected chi connectivity index (χ4v) is 2.93. The minimum absolute atomic E-state index is 0.00342. The molecular formula is C20H27N3O6. The number of benzene rings is 1. The van der Waals surface area contributed by atoms with Crippen LogP contribution in [-0.4, -0.2) is 53.4 Å². The van der Waals surface area contributed by atoms with Crippen LogP contribution in [0.1, 0.15) is 39.7 Å². The van der Waals surface area contributed by atoms with Crippen LogP contribution in [0, 0.1) is 5.92 Å². The zero-order chi connectivity index (χ0) is 21.4. The standard InChI is InChI=1S/C20H27N3O6/c1-5-15(4)20(17(24)29-13-16-11-9-8-10-12-16)21-14-22(18(25)27-6-2)23(20)19(26)28-7-3/h8-12,14-15H,5-7,13H2,1-4H3/t15-,20?/m0/s1. The van der Waals surface area contributed by atoms with Crippen molar-refractivity contribution in [1.82, 2.24) is 10.0 Å². The van der Waals surface area contributed by atoms with Crippen molar-refractivity contribution in [2.24, 2.45) is 10.9 Å². The number of esters is 1. The summed E-state index contributed by atoms with van der Waals surface area (Å²) in [6.07, 6.45) is -0.143. The van der Waals surface area contributed by atoms with Gasteiger partial charge in [0.05, 0.1) is 13.2 Å². The highest BCUT2D eigenvalue weighted by Gasteiger charge is 2.59. The number of nitrogens with zero attached hydrogens (tertiary/aromatic N) is 3. The molecule has 2 rings (SSSR count). The minimum atomic E-state index is -1.78. The smallest absolute Gasteiger partial charge is 0.434 e. The first-order valence-corrected chi connectivity index (χ1v) is 9.61. The first-order chi connectivity index (χ1) is 13.9. The number of carbonyl (C=O) groups is 3. The number of hydrazine groups is 1. The highest BCUT2D eigenvalue weighted by molar-refractivity contribution is 5.95. The molecule has 0 bridgehead atoms. The summed E-state index contributed by atoms with van der Waals surface area (Å²) >= 11 is 0. The molecule has 9 heteroatoms. The summed E-state index contributed by atoms with van der Waals surface area (Å²) < 4.78 is 15.6. The highest BCUT2D eigenvalue weighted by atomic mass is 16.6. The Morgan fingerprint density at radius 1 is 1.00 bits per heavy atom. The SMILES string of the molecule is CCOC(=O)N1C=NC(C(=O)OCc2ccccc2)([C@@H](C)CC)N1C(=O)OCC. The number of carbonyl (C=O) groups excluding carboxylic acids is 3. The van der Waals surface area contributed by atoms with E-state index in [0.29, 0.717) is 6.42 Å². The van der Waals surface area contributed by atoms with E-state index in [2.05, 4.69) is 4.99 Å². The molecule has 0 radical (unpaired) electrons. The van der Waals surface area contributed by atoms with Crippen molar-refractivity contribution >= 4 is 24.5 Å². The molecule has 29 heavy (non-hydrogen) atoms. The maximum atomic E-state index is 13.2. The Morgan fingerprint density at radius 3 is 2.21 bits per heavy atom. The zero-order valence-electron chi connectivity index (χ0n) is 17.2. The Kier molecular flexibility index (Phi) is 7.58. The molecule has 9 nitrogen and oxygen atoms in total. The zero-order valence-corrected chi connectivity index (χ0v) is 17.2. The summed E-state index contributed by atoms with van der Waals surface area (Å²) in [4.78, 5) is 42.6. The van der Waals surface area contributed by atoms with E-state index < -0.39 is 29.7 Å². The van der Waals surface area contributed by atoms with Gasteiger partial charge < -0.3 is 14.2 Å².